The fourth-order valence-electron chi connectivity index (χ4n) is 2.39. The largest absolute Gasteiger partial charge is 0.466 e. The van der Waals surface area contributed by atoms with Gasteiger partial charge in [-0.15, -0.1) is 0 Å². The highest BCUT2D eigenvalue weighted by Gasteiger charge is 2.31. The maximum absolute atomic E-state index is 11.9. The first-order valence-corrected chi connectivity index (χ1v) is 7.92. The molecule has 0 spiro atoms. The molecule has 0 bridgehead atoms. The number of aryl methyl sites for hydroxylation is 1. The predicted molar refractivity (Wildman–Crippen MR) is 87.0 cm³/mol. The summed E-state index contributed by atoms with van der Waals surface area (Å²) in [6, 6.07) is 8.29. The number of ether oxygens (including phenoxy) is 1. The third-order valence-corrected chi connectivity index (χ3v) is 3.79. The molecule has 0 saturated heterocycles. The van der Waals surface area contributed by atoms with Crippen molar-refractivity contribution >= 4 is 5.97 Å². The van der Waals surface area contributed by atoms with E-state index in [0.717, 1.165) is 12.0 Å². The van der Waals surface area contributed by atoms with Crippen molar-refractivity contribution in [2.45, 2.75) is 59.4 Å². The van der Waals surface area contributed by atoms with Crippen molar-refractivity contribution < 1.29 is 9.53 Å². The van der Waals surface area contributed by atoms with Crippen molar-refractivity contribution in [3.8, 4) is 0 Å². The van der Waals surface area contributed by atoms with Crippen molar-refractivity contribution in [1.29, 1.82) is 0 Å². The average molecular weight is 291 g/mol. The van der Waals surface area contributed by atoms with Crippen LogP contribution in [0.3, 0.4) is 0 Å². The summed E-state index contributed by atoms with van der Waals surface area (Å²) in [6.07, 6.45) is 4.11. The molecular formula is C18H29NO2. The molecule has 1 aromatic rings. The molecule has 2 N–H and O–H groups in total. The molecule has 0 aliphatic carbocycles. The van der Waals surface area contributed by atoms with Crippen LogP contribution in [0.15, 0.2) is 24.3 Å². The molecule has 1 atom stereocenters. The monoisotopic (exact) mass is 291 g/mol. The first-order valence-electron chi connectivity index (χ1n) is 7.92. The second kappa shape index (κ2) is 8.18. The van der Waals surface area contributed by atoms with Gasteiger partial charge in [-0.1, -0.05) is 37.6 Å². The Bertz CT molecular complexity index is 437. The van der Waals surface area contributed by atoms with Crippen LogP contribution in [0.1, 0.15) is 64.1 Å². The zero-order valence-electron chi connectivity index (χ0n) is 13.8. The minimum Gasteiger partial charge on any atom is -0.466 e. The van der Waals surface area contributed by atoms with Crippen LogP contribution in [0.25, 0.3) is 0 Å². The van der Waals surface area contributed by atoms with Crippen molar-refractivity contribution in [2.24, 2.45) is 11.1 Å². The normalized spacial score (nSPS) is 13.0. The molecule has 0 amide bonds. The van der Waals surface area contributed by atoms with Crippen LogP contribution in [0, 0.1) is 5.41 Å². The molecule has 0 heterocycles. The zero-order chi connectivity index (χ0) is 15.9. The molecule has 1 unspecified atom stereocenters. The lowest BCUT2D eigenvalue weighted by Crippen LogP contribution is -2.31. The van der Waals surface area contributed by atoms with Crippen LogP contribution < -0.4 is 5.73 Å². The summed E-state index contributed by atoms with van der Waals surface area (Å²) in [5.74, 6) is -0.181. The molecule has 1 rings (SSSR count). The van der Waals surface area contributed by atoms with E-state index in [0.29, 0.717) is 13.0 Å². The lowest BCUT2D eigenvalue weighted by atomic mass is 9.83. The fraction of sp³-hybridized carbons (Fsp3) is 0.611. The van der Waals surface area contributed by atoms with Gasteiger partial charge in [0.1, 0.15) is 0 Å². The van der Waals surface area contributed by atoms with Crippen LogP contribution in [-0.4, -0.2) is 12.6 Å². The number of benzene rings is 1. The predicted octanol–water partition coefficient (Wildman–Crippen LogP) is 4.01. The van der Waals surface area contributed by atoms with Gasteiger partial charge < -0.3 is 10.5 Å². The highest BCUT2D eigenvalue weighted by molar-refractivity contribution is 5.75. The molecule has 3 heteroatoms. The van der Waals surface area contributed by atoms with E-state index in [2.05, 4.69) is 31.2 Å². The first-order chi connectivity index (χ1) is 9.90. The summed E-state index contributed by atoms with van der Waals surface area (Å²) >= 11 is 0. The van der Waals surface area contributed by atoms with Crippen molar-refractivity contribution in [2.75, 3.05) is 6.61 Å². The van der Waals surface area contributed by atoms with Gasteiger partial charge in [0.2, 0.25) is 0 Å². The average Bonchev–Trinajstić information content (AvgIpc) is 2.45. The van der Waals surface area contributed by atoms with Crippen LogP contribution in [-0.2, 0) is 16.0 Å². The summed E-state index contributed by atoms with van der Waals surface area (Å²) < 4.78 is 5.11. The topological polar surface area (TPSA) is 52.3 Å². The standard InChI is InChI=1S/C18H29NO2/c1-5-7-8-14-9-11-15(12-10-14)16(19)13-18(3,4)17(20)21-6-2/h9-12,16H,5-8,13,19H2,1-4H3. The Morgan fingerprint density at radius 2 is 1.86 bits per heavy atom. The SMILES string of the molecule is CCCCc1ccc(C(N)CC(C)(C)C(=O)OCC)cc1. The van der Waals surface area contributed by atoms with E-state index in [1.54, 1.807) is 0 Å². The smallest absolute Gasteiger partial charge is 0.311 e. The Morgan fingerprint density at radius 3 is 2.38 bits per heavy atom. The second-order valence-corrected chi connectivity index (χ2v) is 6.26. The number of hydrogen-bond acceptors (Lipinski definition) is 3. The second-order valence-electron chi connectivity index (χ2n) is 6.26. The third-order valence-electron chi connectivity index (χ3n) is 3.79. The van der Waals surface area contributed by atoms with E-state index >= 15 is 0 Å². The van der Waals surface area contributed by atoms with Crippen LogP contribution in [0.5, 0.6) is 0 Å². The van der Waals surface area contributed by atoms with E-state index in [4.69, 9.17) is 10.5 Å². The molecule has 3 nitrogen and oxygen atoms in total. The molecule has 0 aliphatic rings. The first kappa shape index (κ1) is 17.7. The highest BCUT2D eigenvalue weighted by Crippen LogP contribution is 2.30. The van der Waals surface area contributed by atoms with Gasteiger partial charge in [0.15, 0.2) is 0 Å². The Balaban J connectivity index is 2.66. The summed E-state index contributed by atoms with van der Waals surface area (Å²) in [5, 5.41) is 0. The molecule has 0 saturated carbocycles. The van der Waals surface area contributed by atoms with Crippen molar-refractivity contribution in [3.63, 3.8) is 0 Å². The van der Waals surface area contributed by atoms with Crippen LogP contribution >= 0.6 is 0 Å². The summed E-state index contributed by atoms with van der Waals surface area (Å²) in [7, 11) is 0. The Hall–Kier alpha value is -1.35. The maximum Gasteiger partial charge on any atom is 0.311 e. The third kappa shape index (κ3) is 5.50. The van der Waals surface area contributed by atoms with Gasteiger partial charge in [0.05, 0.1) is 12.0 Å². The van der Waals surface area contributed by atoms with Gasteiger partial charge in [-0.3, -0.25) is 4.79 Å². The minimum atomic E-state index is -0.559. The molecule has 0 aliphatic heterocycles. The highest BCUT2D eigenvalue weighted by atomic mass is 16.5. The molecule has 0 fully saturated rings. The Morgan fingerprint density at radius 1 is 1.24 bits per heavy atom. The fourth-order valence-corrected chi connectivity index (χ4v) is 2.39. The lowest BCUT2D eigenvalue weighted by Gasteiger charge is -2.26. The number of carbonyl (C=O) groups is 1. The summed E-state index contributed by atoms with van der Waals surface area (Å²) in [4.78, 5) is 11.9. The Labute approximate surface area is 128 Å². The molecule has 21 heavy (non-hydrogen) atoms. The maximum atomic E-state index is 11.9. The zero-order valence-corrected chi connectivity index (χ0v) is 13.8. The van der Waals surface area contributed by atoms with E-state index in [1.807, 2.05) is 20.8 Å². The molecule has 0 radical (unpaired) electrons. The van der Waals surface area contributed by atoms with Gasteiger partial charge in [-0.2, -0.15) is 0 Å². The quantitative estimate of drug-likeness (QED) is 0.736. The molecule has 1 aromatic carbocycles. The number of carbonyl (C=O) groups excluding carboxylic acids is 1. The summed E-state index contributed by atoms with van der Waals surface area (Å²) in [6.45, 7) is 8.20. The lowest BCUT2D eigenvalue weighted by molar-refractivity contribution is -0.154. The van der Waals surface area contributed by atoms with E-state index in [9.17, 15) is 4.79 Å². The van der Waals surface area contributed by atoms with E-state index < -0.39 is 5.41 Å². The van der Waals surface area contributed by atoms with Gasteiger partial charge in [0.25, 0.3) is 0 Å². The van der Waals surface area contributed by atoms with Crippen molar-refractivity contribution in [1.82, 2.24) is 0 Å². The number of esters is 1. The van der Waals surface area contributed by atoms with E-state index in [1.165, 1.54) is 18.4 Å². The number of hydrogen-bond donors (Lipinski definition) is 1. The van der Waals surface area contributed by atoms with Crippen molar-refractivity contribution in [3.05, 3.63) is 35.4 Å². The number of nitrogens with two attached hydrogens (primary N) is 1. The van der Waals surface area contributed by atoms with Crippen LogP contribution in [0.2, 0.25) is 0 Å². The Kier molecular flexibility index (Phi) is 6.90. The van der Waals surface area contributed by atoms with Gasteiger partial charge in [0, 0.05) is 6.04 Å². The van der Waals surface area contributed by atoms with Gasteiger partial charge in [-0.25, -0.2) is 0 Å². The van der Waals surface area contributed by atoms with Crippen LogP contribution in [0.4, 0.5) is 0 Å². The van der Waals surface area contributed by atoms with Gasteiger partial charge in [-0.05, 0) is 51.2 Å². The number of unbranched alkanes of at least 4 members (excludes halogenated alkanes) is 1. The minimum absolute atomic E-state index is 0.148. The molecule has 0 aromatic heterocycles. The molecular weight excluding hydrogens is 262 g/mol. The molecule has 118 valence electrons. The van der Waals surface area contributed by atoms with Gasteiger partial charge >= 0.3 is 5.97 Å². The van der Waals surface area contributed by atoms with E-state index in [-0.39, 0.29) is 12.0 Å². The summed E-state index contributed by atoms with van der Waals surface area (Å²) in [5.41, 5.74) is 8.12. The number of rotatable bonds is 8.